The second-order valence-corrected chi connectivity index (χ2v) is 11.2. The Kier molecular flexibility index (Phi) is 14.2. The maximum Gasteiger partial charge on any atom is 0.222 e. The fourth-order valence-corrected chi connectivity index (χ4v) is 5.30. The van der Waals surface area contributed by atoms with Crippen molar-refractivity contribution >= 4 is 11.8 Å². The third-order valence-electron chi connectivity index (χ3n) is 7.62. The maximum absolute atomic E-state index is 14.7. The van der Waals surface area contributed by atoms with E-state index in [2.05, 4.69) is 29.7 Å². The number of carbonyl (C=O) groups excluding carboxylic acids is 2. The molecule has 9 heteroatoms. The molecule has 42 heavy (non-hydrogen) atoms. The number of amides is 2. The molecule has 1 aliphatic rings. The van der Waals surface area contributed by atoms with Crippen molar-refractivity contribution in [1.82, 2.24) is 15.5 Å². The van der Waals surface area contributed by atoms with E-state index in [1.807, 2.05) is 24.0 Å². The van der Waals surface area contributed by atoms with E-state index >= 15 is 0 Å². The van der Waals surface area contributed by atoms with Gasteiger partial charge in [0.05, 0.1) is 25.4 Å². The van der Waals surface area contributed by atoms with Crippen LogP contribution in [0, 0.1) is 11.7 Å². The lowest BCUT2D eigenvalue weighted by molar-refractivity contribution is -0.131. The number of hydrogen-bond donors (Lipinski definition) is 3. The number of aliphatic hydroxyl groups excluding tert-OH is 1. The molecule has 3 N–H and O–H groups in total. The third-order valence-corrected chi connectivity index (χ3v) is 7.62. The summed E-state index contributed by atoms with van der Waals surface area (Å²) < 4.78 is 26.1. The minimum absolute atomic E-state index is 0.0199. The van der Waals surface area contributed by atoms with Crippen LogP contribution in [-0.4, -0.2) is 73.9 Å². The highest BCUT2D eigenvalue weighted by atomic mass is 19.1. The van der Waals surface area contributed by atoms with E-state index in [1.54, 1.807) is 13.2 Å². The Hall–Kier alpha value is -3.01. The summed E-state index contributed by atoms with van der Waals surface area (Å²) in [4.78, 5) is 27.8. The first kappa shape index (κ1) is 33.5. The summed E-state index contributed by atoms with van der Waals surface area (Å²) in [7, 11) is 1.63. The van der Waals surface area contributed by atoms with Gasteiger partial charge in [-0.05, 0) is 60.9 Å². The number of ether oxygens (including phenoxy) is 2. The van der Waals surface area contributed by atoms with Gasteiger partial charge in [-0.3, -0.25) is 9.59 Å². The topological polar surface area (TPSA) is 100 Å². The maximum atomic E-state index is 14.7. The lowest BCUT2D eigenvalue weighted by Gasteiger charge is -2.25. The Bertz CT molecular complexity index is 1130. The molecule has 1 aliphatic heterocycles. The van der Waals surface area contributed by atoms with Crippen LogP contribution < -0.4 is 15.4 Å². The highest BCUT2D eigenvalue weighted by Gasteiger charge is 2.24. The number of methoxy groups -OCH3 is 1. The zero-order chi connectivity index (χ0) is 30.3. The summed E-state index contributed by atoms with van der Waals surface area (Å²) in [6, 6.07) is 12.1. The zero-order valence-electron chi connectivity index (χ0n) is 25.4. The Balaban J connectivity index is 1.77. The monoisotopic (exact) mass is 585 g/mol. The van der Waals surface area contributed by atoms with Crippen LogP contribution in [-0.2, 0) is 33.7 Å². The molecule has 1 heterocycles. The van der Waals surface area contributed by atoms with Gasteiger partial charge < -0.3 is 30.1 Å². The van der Waals surface area contributed by atoms with Gasteiger partial charge in [-0.15, -0.1) is 0 Å². The number of nitrogens with zero attached hydrogens (tertiary/aromatic N) is 1. The van der Waals surface area contributed by atoms with E-state index in [0.29, 0.717) is 57.0 Å². The molecule has 0 saturated carbocycles. The number of halogens is 1. The van der Waals surface area contributed by atoms with Gasteiger partial charge in [0.15, 0.2) is 0 Å². The highest BCUT2D eigenvalue weighted by Crippen LogP contribution is 2.21. The van der Waals surface area contributed by atoms with Gasteiger partial charge in [0.25, 0.3) is 0 Å². The van der Waals surface area contributed by atoms with Crippen LogP contribution in [0.2, 0.25) is 0 Å². The molecule has 0 fully saturated rings. The normalized spacial score (nSPS) is 20.0. The third kappa shape index (κ3) is 11.3. The highest BCUT2D eigenvalue weighted by molar-refractivity contribution is 5.79. The standard InChI is InChI=1S/C33H48FN3O5/c1-4-13-37-14-12-26(22-41-3)23-42-29-17-27(16-28(34)19-29)18-30(36-32(39)10-7-11-33(37)40)31(38)21-35-20-25-9-6-8-24(5-2)15-25/h6,8-9,15-17,19,26,30-31,35,38H,4-5,7,10-14,18,20-23H2,1-3H3,(H,36,39)/t26?,30-,31+/m0/s1. The fraction of sp³-hybridized carbons (Fsp3) is 0.576. The predicted molar refractivity (Wildman–Crippen MR) is 162 cm³/mol. The molecule has 2 aromatic carbocycles. The van der Waals surface area contributed by atoms with E-state index in [0.717, 1.165) is 18.4 Å². The van der Waals surface area contributed by atoms with Gasteiger partial charge in [-0.25, -0.2) is 4.39 Å². The van der Waals surface area contributed by atoms with E-state index in [1.165, 1.54) is 17.7 Å². The van der Waals surface area contributed by atoms with Crippen molar-refractivity contribution in [1.29, 1.82) is 0 Å². The summed E-state index contributed by atoms with van der Waals surface area (Å²) >= 11 is 0. The number of rotatable bonds is 10. The van der Waals surface area contributed by atoms with Crippen LogP contribution in [0.3, 0.4) is 0 Å². The van der Waals surface area contributed by atoms with E-state index in [4.69, 9.17) is 9.47 Å². The van der Waals surface area contributed by atoms with Crippen LogP contribution in [0.25, 0.3) is 0 Å². The second-order valence-electron chi connectivity index (χ2n) is 11.2. The van der Waals surface area contributed by atoms with Crippen molar-refractivity contribution in [3.05, 3.63) is 65.0 Å². The van der Waals surface area contributed by atoms with Crippen LogP contribution in [0.15, 0.2) is 42.5 Å². The number of nitrogens with one attached hydrogen (secondary N) is 2. The van der Waals surface area contributed by atoms with Gasteiger partial charge in [-0.2, -0.15) is 0 Å². The van der Waals surface area contributed by atoms with Gasteiger partial charge in [0, 0.05) is 58.1 Å². The summed E-state index contributed by atoms with van der Waals surface area (Å²) in [6.45, 7) is 6.93. The number of aryl methyl sites for hydroxylation is 1. The fourth-order valence-electron chi connectivity index (χ4n) is 5.30. The van der Waals surface area contributed by atoms with Crippen LogP contribution in [0.5, 0.6) is 5.75 Å². The van der Waals surface area contributed by atoms with E-state index < -0.39 is 18.0 Å². The molecule has 0 radical (unpaired) electrons. The Morgan fingerprint density at radius 1 is 1.17 bits per heavy atom. The molecular formula is C33H48FN3O5. The molecule has 8 nitrogen and oxygen atoms in total. The van der Waals surface area contributed by atoms with Gasteiger partial charge >= 0.3 is 0 Å². The molecule has 1 unspecified atom stereocenters. The summed E-state index contributed by atoms with van der Waals surface area (Å²) in [5, 5.41) is 17.4. The molecule has 3 atom stereocenters. The van der Waals surface area contributed by atoms with E-state index in [-0.39, 0.29) is 43.5 Å². The molecule has 2 aromatic rings. The number of fused-ring (bicyclic) bond motifs is 2. The molecule has 2 bridgehead atoms. The van der Waals surface area contributed by atoms with Crippen LogP contribution >= 0.6 is 0 Å². The first-order valence-electron chi connectivity index (χ1n) is 15.3. The van der Waals surface area contributed by atoms with Crippen LogP contribution in [0.1, 0.15) is 62.6 Å². The quantitative estimate of drug-likeness (QED) is 0.390. The van der Waals surface area contributed by atoms with Crippen molar-refractivity contribution in [2.75, 3.05) is 40.0 Å². The van der Waals surface area contributed by atoms with Crippen molar-refractivity contribution in [2.45, 2.75) is 77.5 Å². The number of benzene rings is 2. The second kappa shape index (κ2) is 17.8. The van der Waals surface area contributed by atoms with Crippen LogP contribution in [0.4, 0.5) is 4.39 Å². The van der Waals surface area contributed by atoms with Crippen molar-refractivity contribution in [3.8, 4) is 5.75 Å². The van der Waals surface area contributed by atoms with Gasteiger partial charge in [-0.1, -0.05) is 38.1 Å². The number of hydrogen-bond acceptors (Lipinski definition) is 6. The number of aliphatic hydroxyl groups is 1. The lowest BCUT2D eigenvalue weighted by atomic mass is 10.00. The summed E-state index contributed by atoms with van der Waals surface area (Å²) in [5.74, 6) is -0.275. The Morgan fingerprint density at radius 2 is 1.98 bits per heavy atom. The van der Waals surface area contributed by atoms with Crippen molar-refractivity contribution < 1.29 is 28.6 Å². The molecule has 0 aliphatic carbocycles. The average Bonchev–Trinajstić information content (AvgIpc) is 2.96. The smallest absolute Gasteiger partial charge is 0.222 e. The number of carbonyl (C=O) groups is 2. The first-order chi connectivity index (χ1) is 20.3. The van der Waals surface area contributed by atoms with Gasteiger partial charge in [0.1, 0.15) is 11.6 Å². The minimum Gasteiger partial charge on any atom is -0.493 e. The molecule has 0 saturated heterocycles. The van der Waals surface area contributed by atoms with Crippen molar-refractivity contribution in [2.24, 2.45) is 5.92 Å². The molecule has 0 aromatic heterocycles. The lowest BCUT2D eigenvalue weighted by Crippen LogP contribution is -2.48. The zero-order valence-corrected chi connectivity index (χ0v) is 25.4. The predicted octanol–water partition coefficient (Wildman–Crippen LogP) is 4.02. The Morgan fingerprint density at radius 3 is 2.74 bits per heavy atom. The SMILES string of the molecule is CCCN1CCC(COC)COc2cc(F)cc(c2)C[C@@H]([C@H](O)CNCc2cccc(CC)c2)NC(=O)CCCC1=O. The van der Waals surface area contributed by atoms with E-state index in [9.17, 15) is 19.1 Å². The Labute approximate surface area is 250 Å². The summed E-state index contributed by atoms with van der Waals surface area (Å²) in [6.07, 6.45) is 2.61. The first-order valence-corrected chi connectivity index (χ1v) is 15.3. The largest absolute Gasteiger partial charge is 0.493 e. The molecule has 3 rings (SSSR count). The minimum atomic E-state index is -0.925. The molecule has 0 spiro atoms. The molecule has 232 valence electrons. The van der Waals surface area contributed by atoms with Crippen molar-refractivity contribution in [3.63, 3.8) is 0 Å². The molecule has 2 amide bonds. The molecular weight excluding hydrogens is 537 g/mol. The summed E-state index contributed by atoms with van der Waals surface area (Å²) in [5.41, 5.74) is 2.96. The van der Waals surface area contributed by atoms with Gasteiger partial charge in [0.2, 0.25) is 11.8 Å². The average molecular weight is 586 g/mol.